The molecule has 0 radical (unpaired) electrons. The fourth-order valence-electron chi connectivity index (χ4n) is 10.5. The molecule has 0 saturated heterocycles. The van der Waals surface area contributed by atoms with E-state index < -0.39 is 20.0 Å². The smallest absolute Gasteiger partial charge is 0.268 e. The monoisotopic (exact) mass is 1080 g/mol. The van der Waals surface area contributed by atoms with E-state index in [-0.39, 0.29) is 19.1 Å². The molecular formula is C66H133N2O6P. The largest absolute Gasteiger partial charge is 0.756 e. The number of carbonyl (C=O) groups is 1. The summed E-state index contributed by atoms with van der Waals surface area (Å²) < 4.78 is 23.4. The normalized spacial score (nSPS) is 13.7. The molecule has 0 aromatic carbocycles. The molecule has 0 aromatic heterocycles. The molecule has 75 heavy (non-hydrogen) atoms. The number of hydrogen-bond acceptors (Lipinski definition) is 6. The van der Waals surface area contributed by atoms with Crippen molar-refractivity contribution in [2.75, 3.05) is 40.9 Å². The second-order valence-corrected chi connectivity index (χ2v) is 26.0. The third-order valence-corrected chi connectivity index (χ3v) is 16.7. The van der Waals surface area contributed by atoms with Crippen molar-refractivity contribution in [2.45, 2.75) is 366 Å². The number of aliphatic hydroxyl groups excluding tert-OH is 1. The van der Waals surface area contributed by atoms with Gasteiger partial charge >= 0.3 is 0 Å². The molecule has 9 heteroatoms. The standard InChI is InChI=1S/C66H133N2O6P/c1-6-8-10-12-14-16-18-20-22-23-24-25-26-27-28-29-30-31-32-33-34-35-36-37-38-39-40-41-42-43-44-46-48-50-52-54-56-58-60-66(70)67-64(63-74-75(71,72)73-62-61-68(3,4)5)65(69)59-57-55-53-51-49-47-45-21-19-17-15-13-11-9-7-2/h57,59,64-65,69H,6-56,58,60-63H2,1-5H3,(H-,67,70,71,72)/b59-57+. The number of nitrogens with zero attached hydrogens (tertiary/aromatic N) is 1. The molecule has 0 aromatic rings. The highest BCUT2D eigenvalue weighted by atomic mass is 31.2. The molecule has 8 nitrogen and oxygen atoms in total. The summed E-state index contributed by atoms with van der Waals surface area (Å²) in [4.78, 5) is 25.5. The van der Waals surface area contributed by atoms with Crippen molar-refractivity contribution < 1.29 is 32.9 Å². The van der Waals surface area contributed by atoms with Gasteiger partial charge < -0.3 is 28.8 Å². The highest BCUT2D eigenvalue weighted by Crippen LogP contribution is 2.38. The summed E-state index contributed by atoms with van der Waals surface area (Å²) in [6.07, 6.45) is 73.4. The van der Waals surface area contributed by atoms with Crippen molar-refractivity contribution in [1.82, 2.24) is 5.32 Å². The summed E-state index contributed by atoms with van der Waals surface area (Å²) in [5.74, 6) is -0.189. The van der Waals surface area contributed by atoms with Gasteiger partial charge in [0.25, 0.3) is 7.82 Å². The van der Waals surface area contributed by atoms with Crippen LogP contribution in [-0.2, 0) is 18.4 Å². The first-order chi connectivity index (χ1) is 36.5. The molecule has 448 valence electrons. The number of nitrogens with one attached hydrogen (secondary N) is 1. The molecular weight excluding hydrogens is 948 g/mol. The van der Waals surface area contributed by atoms with Crippen molar-refractivity contribution in [3.8, 4) is 0 Å². The fourth-order valence-corrected chi connectivity index (χ4v) is 11.2. The number of unbranched alkanes of at least 4 members (excludes halogenated alkanes) is 50. The van der Waals surface area contributed by atoms with Crippen LogP contribution < -0.4 is 10.2 Å². The highest BCUT2D eigenvalue weighted by molar-refractivity contribution is 7.45. The zero-order chi connectivity index (χ0) is 54.9. The Balaban J connectivity index is 3.86. The quantitative estimate of drug-likeness (QED) is 0.0272. The van der Waals surface area contributed by atoms with Gasteiger partial charge in [0, 0.05) is 6.42 Å². The molecule has 0 spiro atoms. The van der Waals surface area contributed by atoms with Crippen LogP contribution in [0, 0.1) is 0 Å². The van der Waals surface area contributed by atoms with Gasteiger partial charge in [-0.1, -0.05) is 341 Å². The van der Waals surface area contributed by atoms with Gasteiger partial charge in [0.05, 0.1) is 39.9 Å². The van der Waals surface area contributed by atoms with Crippen LogP contribution in [0.15, 0.2) is 12.2 Å². The second kappa shape index (κ2) is 57.9. The predicted octanol–water partition coefficient (Wildman–Crippen LogP) is 20.3. The van der Waals surface area contributed by atoms with E-state index in [0.717, 1.165) is 38.5 Å². The topological polar surface area (TPSA) is 108 Å². The minimum atomic E-state index is -4.59. The maximum Gasteiger partial charge on any atom is 0.268 e. The van der Waals surface area contributed by atoms with Crippen LogP contribution in [0.25, 0.3) is 0 Å². The lowest BCUT2D eigenvalue weighted by Gasteiger charge is -2.29. The number of allylic oxidation sites excluding steroid dienone is 1. The van der Waals surface area contributed by atoms with Crippen LogP contribution in [0.5, 0.6) is 0 Å². The van der Waals surface area contributed by atoms with Gasteiger partial charge in [-0.15, -0.1) is 0 Å². The van der Waals surface area contributed by atoms with Gasteiger partial charge in [-0.25, -0.2) is 0 Å². The summed E-state index contributed by atoms with van der Waals surface area (Å²) in [6, 6.07) is -0.882. The summed E-state index contributed by atoms with van der Waals surface area (Å²) >= 11 is 0. The summed E-state index contributed by atoms with van der Waals surface area (Å²) in [6.45, 7) is 4.70. The molecule has 0 aliphatic carbocycles. The second-order valence-electron chi connectivity index (χ2n) is 24.5. The fraction of sp³-hybridized carbons (Fsp3) is 0.955. The first kappa shape index (κ1) is 74.2. The van der Waals surface area contributed by atoms with Crippen LogP contribution in [-0.4, -0.2) is 68.5 Å². The van der Waals surface area contributed by atoms with Crippen LogP contribution in [0.1, 0.15) is 354 Å². The van der Waals surface area contributed by atoms with Gasteiger partial charge in [0.2, 0.25) is 5.91 Å². The van der Waals surface area contributed by atoms with Crippen LogP contribution in [0.2, 0.25) is 0 Å². The molecule has 3 atom stereocenters. The van der Waals surface area contributed by atoms with Crippen molar-refractivity contribution in [3.05, 3.63) is 12.2 Å². The SMILES string of the molecule is CCCCCCCCCCCCCCC/C=C/C(O)C(COP(=O)([O-])OCC[N+](C)(C)C)NC(=O)CCCCCCCCCCCCCCCCCCCCCCCCCCCCCCCCCCCCCCCC. The minimum absolute atomic E-state index is 0.00265. The first-order valence-corrected chi connectivity index (χ1v) is 35.0. The lowest BCUT2D eigenvalue weighted by Crippen LogP contribution is -2.45. The molecule has 0 fully saturated rings. The molecule has 0 heterocycles. The molecule has 2 N–H and O–H groups in total. The van der Waals surface area contributed by atoms with E-state index in [1.807, 2.05) is 27.2 Å². The van der Waals surface area contributed by atoms with Gasteiger partial charge in [-0.2, -0.15) is 0 Å². The number of phosphoric ester groups is 1. The summed E-state index contributed by atoms with van der Waals surface area (Å²) in [5.41, 5.74) is 0. The van der Waals surface area contributed by atoms with Gasteiger partial charge in [0.1, 0.15) is 13.2 Å². The third kappa shape index (κ3) is 60.7. The lowest BCUT2D eigenvalue weighted by molar-refractivity contribution is -0.870. The van der Waals surface area contributed by atoms with E-state index in [1.165, 1.54) is 295 Å². The van der Waals surface area contributed by atoms with E-state index in [1.54, 1.807) is 6.08 Å². The Hall–Kier alpha value is -0.760. The third-order valence-electron chi connectivity index (χ3n) is 15.7. The van der Waals surface area contributed by atoms with Crippen molar-refractivity contribution >= 4 is 13.7 Å². The number of likely N-dealkylation sites (N-methyl/N-ethyl adjacent to an activating group) is 1. The number of hydrogen-bond donors (Lipinski definition) is 2. The Kier molecular flexibility index (Phi) is 57.3. The first-order valence-electron chi connectivity index (χ1n) is 33.6. The van der Waals surface area contributed by atoms with Crippen LogP contribution >= 0.6 is 7.82 Å². The Morgan fingerprint density at radius 3 is 1.00 bits per heavy atom. The molecule has 3 unspecified atom stereocenters. The number of phosphoric acid groups is 1. The van der Waals surface area contributed by atoms with E-state index in [2.05, 4.69) is 19.2 Å². The highest BCUT2D eigenvalue weighted by Gasteiger charge is 2.23. The maximum absolute atomic E-state index is 13.0. The number of carbonyl (C=O) groups excluding carboxylic acids is 1. The average Bonchev–Trinajstić information content (AvgIpc) is 3.37. The molecule has 0 bridgehead atoms. The summed E-state index contributed by atoms with van der Waals surface area (Å²) in [5, 5.41) is 13.9. The zero-order valence-electron chi connectivity index (χ0n) is 51.3. The van der Waals surface area contributed by atoms with Crippen LogP contribution in [0.4, 0.5) is 0 Å². The number of quaternary nitrogens is 1. The van der Waals surface area contributed by atoms with Crippen molar-refractivity contribution in [2.24, 2.45) is 0 Å². The molecule has 0 aliphatic rings. The molecule has 0 aliphatic heterocycles. The lowest BCUT2D eigenvalue weighted by atomic mass is 10.0. The van der Waals surface area contributed by atoms with E-state index in [0.29, 0.717) is 17.4 Å². The Morgan fingerprint density at radius 2 is 0.720 bits per heavy atom. The molecule has 1 amide bonds. The van der Waals surface area contributed by atoms with E-state index in [9.17, 15) is 19.4 Å². The average molecular weight is 1080 g/mol. The van der Waals surface area contributed by atoms with E-state index in [4.69, 9.17) is 9.05 Å². The molecule has 0 rings (SSSR count). The minimum Gasteiger partial charge on any atom is -0.756 e. The zero-order valence-corrected chi connectivity index (χ0v) is 52.2. The summed E-state index contributed by atoms with van der Waals surface area (Å²) in [7, 11) is 1.28. The van der Waals surface area contributed by atoms with Gasteiger partial charge in [0.15, 0.2) is 0 Å². The van der Waals surface area contributed by atoms with Gasteiger partial charge in [-0.05, 0) is 19.3 Å². The van der Waals surface area contributed by atoms with Crippen molar-refractivity contribution in [3.63, 3.8) is 0 Å². The number of aliphatic hydroxyl groups is 1. The Labute approximate surface area is 469 Å². The Bertz CT molecular complexity index is 1230. The predicted molar refractivity (Wildman–Crippen MR) is 326 cm³/mol. The Morgan fingerprint density at radius 1 is 0.453 bits per heavy atom. The number of rotatable bonds is 63. The number of amides is 1. The van der Waals surface area contributed by atoms with Crippen LogP contribution in [0.3, 0.4) is 0 Å². The van der Waals surface area contributed by atoms with E-state index >= 15 is 0 Å². The van der Waals surface area contributed by atoms with Gasteiger partial charge in [-0.3, -0.25) is 9.36 Å². The molecule has 0 saturated carbocycles. The van der Waals surface area contributed by atoms with Crippen molar-refractivity contribution in [1.29, 1.82) is 0 Å². The maximum atomic E-state index is 13.0.